The predicted molar refractivity (Wildman–Crippen MR) is 143 cm³/mol. The summed E-state index contributed by atoms with van der Waals surface area (Å²) in [5.74, 6) is -0.456. The van der Waals surface area contributed by atoms with Gasteiger partial charge in [0.15, 0.2) is 0 Å². The van der Waals surface area contributed by atoms with Gasteiger partial charge in [0.05, 0.1) is 5.41 Å². The summed E-state index contributed by atoms with van der Waals surface area (Å²) in [5, 5.41) is 12.3. The molecule has 0 saturated heterocycles. The van der Waals surface area contributed by atoms with Gasteiger partial charge in [-0.05, 0) is 106 Å². The van der Waals surface area contributed by atoms with E-state index in [-0.39, 0.29) is 23.8 Å². The summed E-state index contributed by atoms with van der Waals surface area (Å²) < 4.78 is 39.6. The molecular weight excluding hydrogens is 523 g/mol. The summed E-state index contributed by atoms with van der Waals surface area (Å²) >= 11 is 0. The zero-order chi connectivity index (χ0) is 28.8. The molecular formula is C29H36F3N5O3. The van der Waals surface area contributed by atoms with Crippen LogP contribution in [0.15, 0.2) is 30.5 Å². The number of hydrogen-bond acceptors (Lipinski definition) is 4. The van der Waals surface area contributed by atoms with Crippen LogP contribution in [0.1, 0.15) is 80.5 Å². The number of rotatable bonds is 10. The summed E-state index contributed by atoms with van der Waals surface area (Å²) in [6, 6.07) is 6.08. The molecule has 1 unspecified atom stereocenters. The number of carbonyl (C=O) groups excluding carboxylic acids is 3. The zero-order valence-corrected chi connectivity index (χ0v) is 23.0. The van der Waals surface area contributed by atoms with Gasteiger partial charge in [0.2, 0.25) is 11.8 Å². The number of benzene rings is 1. The smallest absolute Gasteiger partial charge is 0.346 e. The topological polar surface area (TPSA) is 105 Å². The fourth-order valence-corrected chi connectivity index (χ4v) is 6.12. The Kier molecular flexibility index (Phi) is 7.43. The molecule has 40 heavy (non-hydrogen) atoms. The summed E-state index contributed by atoms with van der Waals surface area (Å²) in [5.41, 5.74) is 1.32. The van der Waals surface area contributed by atoms with Gasteiger partial charge in [0, 0.05) is 17.9 Å². The lowest BCUT2D eigenvalue weighted by Gasteiger charge is -2.28. The molecule has 1 heterocycles. The standard InChI is InChI=1S/C29H36F3N5O3/c1-16(2)37-22(11-13-34-37)25(38)36-24(23(17-4-5-17)18-6-7-18)26(39)35-20-8-9-21-19(14-20)10-12-28(21,3)27(40)33-15-29(30,31)32/h8-9,11,13-14,16-18,23-24H,4-7,10,12,15H2,1-3H3,(H,33,40)(H,35,39)(H,36,38)/t24-,28?/m0/s1. The van der Waals surface area contributed by atoms with Gasteiger partial charge in [-0.3, -0.25) is 19.1 Å². The van der Waals surface area contributed by atoms with Crippen molar-refractivity contribution >= 4 is 23.4 Å². The van der Waals surface area contributed by atoms with Crippen molar-refractivity contribution in [3.05, 3.63) is 47.3 Å². The Hall–Kier alpha value is -3.37. The molecule has 5 rings (SSSR count). The van der Waals surface area contributed by atoms with Crippen LogP contribution in [0.25, 0.3) is 0 Å². The second-order valence-electron chi connectivity index (χ2n) is 11.9. The number of aryl methyl sites for hydroxylation is 1. The number of hydrogen-bond donors (Lipinski definition) is 3. The first-order valence-electron chi connectivity index (χ1n) is 14.0. The second kappa shape index (κ2) is 10.6. The molecule has 2 saturated carbocycles. The highest BCUT2D eigenvalue weighted by molar-refractivity contribution is 6.01. The van der Waals surface area contributed by atoms with E-state index in [2.05, 4.69) is 15.7 Å². The van der Waals surface area contributed by atoms with Crippen LogP contribution in [0.5, 0.6) is 0 Å². The molecule has 0 spiro atoms. The molecule has 0 radical (unpaired) electrons. The maximum atomic E-state index is 13.7. The number of anilines is 1. The van der Waals surface area contributed by atoms with Crippen LogP contribution in [0.2, 0.25) is 0 Å². The number of alkyl halides is 3. The van der Waals surface area contributed by atoms with Crippen LogP contribution in [0, 0.1) is 17.8 Å². The van der Waals surface area contributed by atoms with Crippen molar-refractivity contribution in [3.63, 3.8) is 0 Å². The van der Waals surface area contributed by atoms with E-state index in [9.17, 15) is 27.6 Å². The molecule has 1 aromatic heterocycles. The minimum absolute atomic E-state index is 0.0154. The fraction of sp³-hybridized carbons (Fsp3) is 0.586. The molecule has 0 bridgehead atoms. The van der Waals surface area contributed by atoms with Gasteiger partial charge in [-0.15, -0.1) is 0 Å². The monoisotopic (exact) mass is 559 g/mol. The highest BCUT2D eigenvalue weighted by Gasteiger charge is 2.49. The van der Waals surface area contributed by atoms with Gasteiger partial charge in [-0.2, -0.15) is 18.3 Å². The number of carbonyl (C=O) groups is 3. The Bertz CT molecular complexity index is 1290. The molecule has 3 N–H and O–H groups in total. The van der Waals surface area contributed by atoms with E-state index < -0.39 is 30.1 Å². The number of amides is 3. The molecule has 2 atom stereocenters. The average Bonchev–Trinajstić information content (AvgIpc) is 3.82. The van der Waals surface area contributed by atoms with Crippen LogP contribution < -0.4 is 16.0 Å². The van der Waals surface area contributed by atoms with Crippen molar-refractivity contribution in [2.24, 2.45) is 17.8 Å². The third kappa shape index (κ3) is 5.88. The Morgan fingerprint density at radius 1 is 1.10 bits per heavy atom. The first-order valence-corrected chi connectivity index (χ1v) is 14.0. The first-order chi connectivity index (χ1) is 18.9. The van der Waals surface area contributed by atoms with Crippen molar-refractivity contribution in [1.82, 2.24) is 20.4 Å². The van der Waals surface area contributed by atoms with E-state index in [1.165, 1.54) is 0 Å². The number of nitrogens with zero attached hydrogens (tertiary/aromatic N) is 2. The van der Waals surface area contributed by atoms with Crippen LogP contribution in [-0.2, 0) is 21.4 Å². The average molecular weight is 560 g/mol. The SMILES string of the molecule is CC(C)n1nccc1C(=O)N[C@H](C(=O)Nc1ccc2c(c1)CCC2(C)C(=O)NCC(F)(F)F)C(C1CC1)C1CC1. The van der Waals surface area contributed by atoms with Crippen LogP contribution in [-0.4, -0.2) is 46.3 Å². The summed E-state index contributed by atoms with van der Waals surface area (Å²) in [6.07, 6.45) is 2.12. The summed E-state index contributed by atoms with van der Waals surface area (Å²) in [7, 11) is 0. The van der Waals surface area contributed by atoms with E-state index >= 15 is 0 Å². The lowest BCUT2D eigenvalue weighted by atomic mass is 9.83. The maximum Gasteiger partial charge on any atom is 0.405 e. The molecule has 216 valence electrons. The second-order valence-corrected chi connectivity index (χ2v) is 11.9. The largest absolute Gasteiger partial charge is 0.405 e. The Morgan fingerprint density at radius 3 is 2.38 bits per heavy atom. The van der Waals surface area contributed by atoms with Crippen molar-refractivity contribution in [3.8, 4) is 0 Å². The quantitative estimate of drug-likeness (QED) is 0.398. The summed E-state index contributed by atoms with van der Waals surface area (Å²) in [4.78, 5) is 39.8. The van der Waals surface area contributed by atoms with Crippen LogP contribution >= 0.6 is 0 Å². The lowest BCUT2D eigenvalue weighted by molar-refractivity contribution is -0.141. The van der Waals surface area contributed by atoms with Gasteiger partial charge in [-0.25, -0.2) is 0 Å². The van der Waals surface area contributed by atoms with Crippen LogP contribution in [0.3, 0.4) is 0 Å². The fourth-order valence-electron chi connectivity index (χ4n) is 6.12. The number of nitrogens with one attached hydrogen (secondary N) is 3. The van der Waals surface area contributed by atoms with Gasteiger partial charge < -0.3 is 16.0 Å². The van der Waals surface area contributed by atoms with Crippen molar-refractivity contribution in [2.75, 3.05) is 11.9 Å². The molecule has 1 aromatic carbocycles. The molecule has 3 amide bonds. The van der Waals surface area contributed by atoms with Gasteiger partial charge in [0.25, 0.3) is 5.91 Å². The van der Waals surface area contributed by atoms with E-state index in [0.717, 1.165) is 31.2 Å². The minimum Gasteiger partial charge on any atom is -0.346 e. The predicted octanol–water partition coefficient (Wildman–Crippen LogP) is 4.52. The molecule has 8 nitrogen and oxygen atoms in total. The normalized spacial score (nSPS) is 21.3. The van der Waals surface area contributed by atoms with Gasteiger partial charge in [0.1, 0.15) is 18.3 Å². The van der Waals surface area contributed by atoms with Crippen LogP contribution in [0.4, 0.5) is 18.9 Å². The van der Waals surface area contributed by atoms with Gasteiger partial charge in [-0.1, -0.05) is 6.07 Å². The van der Waals surface area contributed by atoms with E-state index in [1.54, 1.807) is 42.1 Å². The number of halogens is 3. The van der Waals surface area contributed by atoms with Gasteiger partial charge >= 0.3 is 6.18 Å². The Morgan fingerprint density at radius 2 is 1.77 bits per heavy atom. The Balaban J connectivity index is 1.34. The maximum absolute atomic E-state index is 13.7. The molecule has 0 aliphatic heterocycles. The molecule has 3 aliphatic carbocycles. The Labute approximate surface area is 231 Å². The third-order valence-electron chi connectivity index (χ3n) is 8.49. The third-order valence-corrected chi connectivity index (χ3v) is 8.49. The molecule has 11 heteroatoms. The minimum atomic E-state index is -4.49. The zero-order valence-electron chi connectivity index (χ0n) is 23.0. The van der Waals surface area contributed by atoms with E-state index in [0.29, 0.717) is 41.6 Å². The molecule has 2 fully saturated rings. The summed E-state index contributed by atoms with van der Waals surface area (Å²) in [6.45, 7) is 4.14. The highest BCUT2D eigenvalue weighted by Crippen LogP contribution is 2.51. The molecule has 3 aliphatic rings. The number of aromatic nitrogens is 2. The van der Waals surface area contributed by atoms with Crippen molar-refractivity contribution in [2.45, 2.75) is 83.0 Å². The highest BCUT2D eigenvalue weighted by atomic mass is 19.4. The number of fused-ring (bicyclic) bond motifs is 1. The van der Waals surface area contributed by atoms with Crippen molar-refractivity contribution < 1.29 is 27.6 Å². The molecule has 2 aromatic rings. The first kappa shape index (κ1) is 28.2. The lowest BCUT2D eigenvalue weighted by Crippen LogP contribution is -2.50. The van der Waals surface area contributed by atoms with E-state index in [4.69, 9.17) is 0 Å². The van der Waals surface area contributed by atoms with Crippen molar-refractivity contribution in [1.29, 1.82) is 0 Å². The van der Waals surface area contributed by atoms with E-state index in [1.807, 2.05) is 19.2 Å².